The van der Waals surface area contributed by atoms with E-state index < -0.39 is 0 Å². The van der Waals surface area contributed by atoms with Crippen LogP contribution < -0.4 is 4.90 Å². The molecule has 0 amide bonds. The van der Waals surface area contributed by atoms with Gasteiger partial charge in [0, 0.05) is 50.1 Å². The summed E-state index contributed by atoms with van der Waals surface area (Å²) in [6.45, 7) is 1.71. The highest BCUT2D eigenvalue weighted by Crippen LogP contribution is 2.47. The van der Waals surface area contributed by atoms with Gasteiger partial charge in [-0.25, -0.2) is 15.0 Å². The molecule has 0 radical (unpaired) electrons. The topological polar surface area (TPSA) is 56.1 Å². The first-order chi connectivity index (χ1) is 16.7. The van der Waals surface area contributed by atoms with Gasteiger partial charge in [0.15, 0.2) is 11.6 Å². The molecular formula is C27H25N5OS. The number of thiophene rings is 1. The van der Waals surface area contributed by atoms with Crippen LogP contribution in [0.3, 0.4) is 0 Å². The second-order valence-electron chi connectivity index (χ2n) is 8.54. The molecule has 6 nitrogen and oxygen atoms in total. The Bertz CT molecular complexity index is 1440. The average molecular weight is 468 g/mol. The lowest BCUT2D eigenvalue weighted by Crippen LogP contribution is -2.23. The van der Waals surface area contributed by atoms with Crippen LogP contribution in [0.2, 0.25) is 0 Å². The van der Waals surface area contributed by atoms with Crippen LogP contribution in [-0.4, -0.2) is 45.8 Å². The second-order valence-corrected chi connectivity index (χ2v) is 9.54. The Morgan fingerprint density at radius 2 is 1.71 bits per heavy atom. The molecule has 0 saturated carbocycles. The van der Waals surface area contributed by atoms with Crippen molar-refractivity contribution in [3.05, 3.63) is 73.1 Å². The Labute approximate surface area is 202 Å². The maximum Gasteiger partial charge on any atom is 0.199 e. The van der Waals surface area contributed by atoms with Gasteiger partial charge in [0.1, 0.15) is 10.6 Å². The van der Waals surface area contributed by atoms with Gasteiger partial charge in [-0.1, -0.05) is 60.7 Å². The molecule has 34 heavy (non-hydrogen) atoms. The normalized spacial score (nSPS) is 15.9. The number of benzene rings is 2. The largest absolute Gasteiger partial charge is 0.380 e. The quantitative estimate of drug-likeness (QED) is 0.334. The molecule has 1 aliphatic rings. The van der Waals surface area contributed by atoms with Crippen molar-refractivity contribution in [3.63, 3.8) is 0 Å². The van der Waals surface area contributed by atoms with Crippen molar-refractivity contribution in [3.8, 4) is 33.2 Å². The zero-order chi connectivity index (χ0) is 23.1. The minimum absolute atomic E-state index is 0.203. The number of rotatable bonds is 5. The van der Waals surface area contributed by atoms with Gasteiger partial charge >= 0.3 is 0 Å². The number of ether oxygens (including phenoxy) is 1. The molecule has 1 fully saturated rings. The Hall–Kier alpha value is -3.55. The predicted molar refractivity (Wildman–Crippen MR) is 138 cm³/mol. The highest BCUT2D eigenvalue weighted by Gasteiger charge is 2.29. The maximum absolute atomic E-state index is 5.69. The fourth-order valence-corrected chi connectivity index (χ4v) is 5.88. The summed E-state index contributed by atoms with van der Waals surface area (Å²) in [5, 5.41) is 1.10. The molecule has 2 aromatic carbocycles. The number of hydrogen-bond donors (Lipinski definition) is 0. The molecular weight excluding hydrogens is 442 g/mol. The molecule has 5 aromatic rings. The van der Waals surface area contributed by atoms with Crippen LogP contribution in [0, 0.1) is 0 Å². The molecule has 0 spiro atoms. The minimum atomic E-state index is 0.203. The van der Waals surface area contributed by atoms with Crippen molar-refractivity contribution < 1.29 is 4.74 Å². The van der Waals surface area contributed by atoms with Gasteiger partial charge in [-0.2, -0.15) is 0 Å². The summed E-state index contributed by atoms with van der Waals surface area (Å²) < 4.78 is 7.66. The van der Waals surface area contributed by atoms with Gasteiger partial charge < -0.3 is 14.2 Å². The summed E-state index contributed by atoms with van der Waals surface area (Å²) in [7, 11) is 3.77. The van der Waals surface area contributed by atoms with Crippen LogP contribution in [0.25, 0.3) is 43.4 Å². The van der Waals surface area contributed by atoms with Crippen LogP contribution in [0.5, 0.6) is 0 Å². The van der Waals surface area contributed by atoms with E-state index in [0.29, 0.717) is 5.82 Å². The first kappa shape index (κ1) is 21.0. The van der Waals surface area contributed by atoms with Crippen molar-refractivity contribution in [1.82, 2.24) is 19.5 Å². The van der Waals surface area contributed by atoms with E-state index in [1.54, 1.807) is 24.6 Å². The lowest BCUT2D eigenvalue weighted by molar-refractivity contribution is 0.121. The highest BCUT2D eigenvalue weighted by molar-refractivity contribution is 7.22. The predicted octanol–water partition coefficient (Wildman–Crippen LogP) is 5.65. The third-order valence-corrected chi connectivity index (χ3v) is 7.56. The molecule has 1 atom stereocenters. The number of aromatic nitrogens is 4. The van der Waals surface area contributed by atoms with Crippen LogP contribution in [0.1, 0.15) is 6.42 Å². The zero-order valence-electron chi connectivity index (χ0n) is 19.2. The standard InChI is InChI=1S/C27H25N5OS/c1-31-16-14-28-26(31)24-29-25(32-15-13-20(17-32)33-2)22-21(18-9-5-3-6-10-18)23(34-27(22)30-24)19-11-7-4-8-12-19/h3-12,14,16,20H,13,15,17H2,1-2H3. The van der Waals surface area contributed by atoms with Gasteiger partial charge in [-0.15, -0.1) is 11.3 Å². The zero-order valence-corrected chi connectivity index (χ0v) is 20.0. The number of methoxy groups -OCH3 is 1. The molecule has 0 aliphatic carbocycles. The van der Waals surface area contributed by atoms with Gasteiger partial charge in [-0.3, -0.25) is 0 Å². The van der Waals surface area contributed by atoms with Crippen LogP contribution in [-0.2, 0) is 11.8 Å². The minimum Gasteiger partial charge on any atom is -0.380 e. The number of aryl methyl sites for hydroxylation is 1. The second kappa shape index (κ2) is 8.66. The lowest BCUT2D eigenvalue weighted by Gasteiger charge is -2.20. The fourth-order valence-electron chi connectivity index (χ4n) is 4.68. The van der Waals surface area contributed by atoms with Gasteiger partial charge in [0.2, 0.25) is 0 Å². The third kappa shape index (κ3) is 3.57. The molecule has 3 aromatic heterocycles. The third-order valence-electron chi connectivity index (χ3n) is 6.43. The smallest absolute Gasteiger partial charge is 0.199 e. The first-order valence-electron chi connectivity index (χ1n) is 11.4. The van der Waals surface area contributed by atoms with Crippen LogP contribution >= 0.6 is 11.3 Å². The van der Waals surface area contributed by atoms with E-state index in [2.05, 4.69) is 70.5 Å². The highest BCUT2D eigenvalue weighted by atomic mass is 32.1. The SMILES string of the molecule is COC1CCN(c2nc(-c3nccn3C)nc3sc(-c4ccccc4)c(-c4ccccc4)c23)C1. The molecule has 0 bridgehead atoms. The summed E-state index contributed by atoms with van der Waals surface area (Å²) >= 11 is 1.72. The molecule has 4 heterocycles. The van der Waals surface area contributed by atoms with Crippen LogP contribution in [0.15, 0.2) is 73.1 Å². The van der Waals surface area contributed by atoms with E-state index in [1.165, 1.54) is 21.6 Å². The van der Waals surface area contributed by atoms with Crippen molar-refractivity contribution >= 4 is 27.4 Å². The van der Waals surface area contributed by atoms with Crippen molar-refractivity contribution in [2.45, 2.75) is 12.5 Å². The molecule has 0 N–H and O–H groups in total. The molecule has 170 valence electrons. The summed E-state index contributed by atoms with van der Waals surface area (Å²) in [6, 6.07) is 21.1. The molecule has 1 saturated heterocycles. The fraction of sp³-hybridized carbons (Fsp3) is 0.222. The Balaban J connectivity index is 1.67. The Kier molecular flexibility index (Phi) is 5.36. The molecule has 7 heteroatoms. The van der Waals surface area contributed by atoms with Gasteiger partial charge in [0.25, 0.3) is 0 Å². The average Bonchev–Trinajstić information content (AvgIpc) is 3.62. The number of anilines is 1. The van der Waals surface area contributed by atoms with E-state index in [1.807, 2.05) is 17.8 Å². The maximum atomic E-state index is 5.69. The Morgan fingerprint density at radius 1 is 0.971 bits per heavy atom. The number of imidazole rings is 1. The monoisotopic (exact) mass is 467 g/mol. The van der Waals surface area contributed by atoms with E-state index in [0.717, 1.165) is 41.4 Å². The Morgan fingerprint density at radius 3 is 2.35 bits per heavy atom. The van der Waals surface area contributed by atoms with E-state index in [4.69, 9.17) is 14.7 Å². The van der Waals surface area contributed by atoms with Crippen molar-refractivity contribution in [2.24, 2.45) is 7.05 Å². The van der Waals surface area contributed by atoms with E-state index >= 15 is 0 Å². The van der Waals surface area contributed by atoms with Gasteiger partial charge in [-0.05, 0) is 17.5 Å². The summed E-state index contributed by atoms with van der Waals surface area (Å²) in [6.07, 6.45) is 4.90. The summed E-state index contributed by atoms with van der Waals surface area (Å²) in [5.41, 5.74) is 3.55. The summed E-state index contributed by atoms with van der Waals surface area (Å²) in [4.78, 5) is 19.2. The number of hydrogen-bond acceptors (Lipinski definition) is 6. The number of nitrogens with zero attached hydrogens (tertiary/aromatic N) is 5. The van der Waals surface area contributed by atoms with E-state index in [-0.39, 0.29) is 6.10 Å². The van der Waals surface area contributed by atoms with Crippen molar-refractivity contribution in [2.75, 3.05) is 25.1 Å². The van der Waals surface area contributed by atoms with Crippen LogP contribution in [0.4, 0.5) is 5.82 Å². The molecule has 1 unspecified atom stereocenters. The molecule has 1 aliphatic heterocycles. The lowest BCUT2D eigenvalue weighted by atomic mass is 9.99. The first-order valence-corrected chi connectivity index (χ1v) is 12.3. The number of fused-ring (bicyclic) bond motifs is 1. The summed E-state index contributed by atoms with van der Waals surface area (Å²) in [5.74, 6) is 2.37. The van der Waals surface area contributed by atoms with Crippen molar-refractivity contribution in [1.29, 1.82) is 0 Å². The van der Waals surface area contributed by atoms with E-state index in [9.17, 15) is 0 Å². The van der Waals surface area contributed by atoms with Gasteiger partial charge in [0.05, 0.1) is 11.5 Å². The molecule has 6 rings (SSSR count).